The number of carboxylic acid groups (broad SMARTS) is 1. The van der Waals surface area contributed by atoms with Crippen LogP contribution in [0.25, 0.3) is 0 Å². The molecule has 94 valence electrons. The van der Waals surface area contributed by atoms with Gasteiger partial charge in [0.1, 0.15) is 0 Å². The normalized spacial score (nSPS) is 15.8. The van der Waals surface area contributed by atoms with Crippen molar-refractivity contribution in [3.05, 3.63) is 11.4 Å². The van der Waals surface area contributed by atoms with E-state index in [4.69, 9.17) is 9.84 Å². The van der Waals surface area contributed by atoms with E-state index in [1.54, 1.807) is 4.68 Å². The zero-order valence-corrected chi connectivity index (χ0v) is 9.93. The van der Waals surface area contributed by atoms with Crippen LogP contribution in [0.4, 0.5) is 0 Å². The second-order valence-corrected chi connectivity index (χ2v) is 4.18. The molecule has 2 rings (SSSR count). The Kier molecular flexibility index (Phi) is 3.73. The van der Waals surface area contributed by atoms with E-state index in [1.165, 1.54) is 0 Å². The van der Waals surface area contributed by atoms with Crippen molar-refractivity contribution in [3.8, 4) is 0 Å². The highest BCUT2D eigenvalue weighted by molar-refractivity contribution is 5.86. The molecule has 0 saturated heterocycles. The minimum absolute atomic E-state index is 0.103. The summed E-state index contributed by atoms with van der Waals surface area (Å²) in [6.45, 7) is 3.69. The lowest BCUT2D eigenvalue weighted by Crippen LogP contribution is -2.19. The lowest BCUT2D eigenvalue weighted by atomic mass is 9.82. The Morgan fingerprint density at radius 3 is 2.88 bits per heavy atom. The van der Waals surface area contributed by atoms with Crippen LogP contribution in [-0.4, -0.2) is 39.3 Å². The van der Waals surface area contributed by atoms with Crippen LogP contribution in [0.5, 0.6) is 0 Å². The van der Waals surface area contributed by atoms with Gasteiger partial charge in [-0.1, -0.05) is 11.6 Å². The lowest BCUT2D eigenvalue weighted by molar-refractivity contribution is 0.0687. The Bertz CT molecular complexity index is 399. The van der Waals surface area contributed by atoms with Crippen molar-refractivity contribution >= 4 is 5.97 Å². The van der Waals surface area contributed by atoms with Gasteiger partial charge >= 0.3 is 5.97 Å². The van der Waals surface area contributed by atoms with Gasteiger partial charge in [0.2, 0.25) is 0 Å². The Morgan fingerprint density at radius 1 is 1.59 bits per heavy atom. The number of hydrogen-bond donors (Lipinski definition) is 1. The molecule has 0 atom stereocenters. The van der Waals surface area contributed by atoms with E-state index < -0.39 is 5.97 Å². The van der Waals surface area contributed by atoms with Crippen LogP contribution < -0.4 is 0 Å². The summed E-state index contributed by atoms with van der Waals surface area (Å²) in [5.41, 5.74) is 0.870. The topological polar surface area (TPSA) is 77.2 Å². The fraction of sp³-hybridized carbons (Fsp3) is 0.727. The molecule has 1 saturated carbocycles. The van der Waals surface area contributed by atoms with Crippen LogP contribution in [0.1, 0.15) is 48.3 Å². The van der Waals surface area contributed by atoms with Gasteiger partial charge in [0, 0.05) is 12.5 Å². The first-order chi connectivity index (χ1) is 8.24. The van der Waals surface area contributed by atoms with Gasteiger partial charge < -0.3 is 9.84 Å². The van der Waals surface area contributed by atoms with Gasteiger partial charge in [-0.15, -0.1) is 5.10 Å². The highest BCUT2D eigenvalue weighted by Crippen LogP contribution is 2.37. The van der Waals surface area contributed by atoms with E-state index in [1.807, 2.05) is 6.92 Å². The molecule has 0 unspecified atom stereocenters. The Hall–Kier alpha value is -1.43. The van der Waals surface area contributed by atoms with Gasteiger partial charge in [0.15, 0.2) is 5.69 Å². The lowest BCUT2D eigenvalue weighted by Gasteiger charge is -2.26. The fourth-order valence-corrected chi connectivity index (χ4v) is 2.02. The van der Waals surface area contributed by atoms with E-state index in [0.717, 1.165) is 25.0 Å². The molecule has 0 aliphatic heterocycles. The van der Waals surface area contributed by atoms with Crippen molar-refractivity contribution < 1.29 is 14.6 Å². The van der Waals surface area contributed by atoms with E-state index >= 15 is 0 Å². The van der Waals surface area contributed by atoms with Crippen LogP contribution in [0, 0.1) is 0 Å². The molecule has 0 bridgehead atoms. The van der Waals surface area contributed by atoms with Crippen LogP contribution >= 0.6 is 0 Å². The van der Waals surface area contributed by atoms with Gasteiger partial charge in [-0.05, 0) is 19.8 Å². The predicted octanol–water partition coefficient (Wildman–Crippen LogP) is 1.28. The van der Waals surface area contributed by atoms with Gasteiger partial charge in [0.25, 0.3) is 0 Å². The van der Waals surface area contributed by atoms with Crippen molar-refractivity contribution in [3.63, 3.8) is 0 Å². The molecule has 0 aromatic carbocycles. The number of ether oxygens (including phenoxy) is 1. The molecular formula is C11H17N3O3. The maximum atomic E-state index is 11.1. The first kappa shape index (κ1) is 12.0. The molecule has 0 amide bonds. The van der Waals surface area contributed by atoms with Crippen LogP contribution in [0.3, 0.4) is 0 Å². The second-order valence-electron chi connectivity index (χ2n) is 4.18. The number of aromatic nitrogens is 3. The smallest absolute Gasteiger partial charge is 0.358 e. The maximum Gasteiger partial charge on any atom is 0.358 e. The molecular weight excluding hydrogens is 222 g/mol. The minimum Gasteiger partial charge on any atom is -0.476 e. The minimum atomic E-state index is -0.991. The monoisotopic (exact) mass is 239 g/mol. The molecule has 1 aliphatic rings. The number of hydrogen-bond acceptors (Lipinski definition) is 4. The number of nitrogens with zero attached hydrogens (tertiary/aromatic N) is 3. The van der Waals surface area contributed by atoms with Crippen LogP contribution in [-0.2, 0) is 11.3 Å². The summed E-state index contributed by atoms with van der Waals surface area (Å²) in [4.78, 5) is 11.1. The summed E-state index contributed by atoms with van der Waals surface area (Å²) in [6.07, 6.45) is 3.21. The Morgan fingerprint density at radius 2 is 2.35 bits per heavy atom. The first-order valence-corrected chi connectivity index (χ1v) is 5.98. The van der Waals surface area contributed by atoms with Gasteiger partial charge in [-0.3, -0.25) is 0 Å². The van der Waals surface area contributed by atoms with E-state index in [-0.39, 0.29) is 5.69 Å². The van der Waals surface area contributed by atoms with E-state index in [2.05, 4.69) is 10.3 Å². The van der Waals surface area contributed by atoms with Crippen molar-refractivity contribution in [2.24, 2.45) is 0 Å². The van der Waals surface area contributed by atoms with Crippen LogP contribution in [0.15, 0.2) is 0 Å². The average molecular weight is 239 g/mol. The van der Waals surface area contributed by atoms with Crippen molar-refractivity contribution in [1.29, 1.82) is 0 Å². The summed E-state index contributed by atoms with van der Waals surface area (Å²) in [5.74, 6) is -0.688. The van der Waals surface area contributed by atoms with Gasteiger partial charge in [0.05, 0.1) is 18.8 Å². The summed E-state index contributed by atoms with van der Waals surface area (Å²) >= 11 is 0. The number of carboxylic acids is 1. The zero-order valence-electron chi connectivity index (χ0n) is 9.93. The molecule has 1 aliphatic carbocycles. The molecule has 6 nitrogen and oxygen atoms in total. The maximum absolute atomic E-state index is 11.1. The number of aromatic carboxylic acids is 1. The highest BCUT2D eigenvalue weighted by atomic mass is 16.5. The zero-order chi connectivity index (χ0) is 12.3. The third-order valence-corrected chi connectivity index (χ3v) is 3.12. The van der Waals surface area contributed by atoms with Crippen molar-refractivity contribution in [2.45, 2.75) is 38.6 Å². The SMILES string of the molecule is CCOCCn1nnc(C(=O)O)c1C1CCC1. The summed E-state index contributed by atoms with van der Waals surface area (Å²) in [5, 5.41) is 16.7. The van der Waals surface area contributed by atoms with E-state index in [9.17, 15) is 4.79 Å². The quantitative estimate of drug-likeness (QED) is 0.757. The summed E-state index contributed by atoms with van der Waals surface area (Å²) in [7, 11) is 0. The molecule has 1 heterocycles. The molecule has 1 N–H and O–H groups in total. The highest BCUT2D eigenvalue weighted by Gasteiger charge is 2.30. The Balaban J connectivity index is 2.16. The van der Waals surface area contributed by atoms with Gasteiger partial charge in [-0.25, -0.2) is 9.48 Å². The standard InChI is InChI=1S/C11H17N3O3/c1-2-17-7-6-14-10(8-4-3-5-8)9(11(15)16)12-13-14/h8H,2-7H2,1H3,(H,15,16). The van der Waals surface area contributed by atoms with E-state index in [0.29, 0.717) is 25.7 Å². The third kappa shape index (κ3) is 2.46. The third-order valence-electron chi connectivity index (χ3n) is 3.12. The molecule has 0 radical (unpaired) electrons. The molecule has 1 fully saturated rings. The van der Waals surface area contributed by atoms with Crippen molar-refractivity contribution in [1.82, 2.24) is 15.0 Å². The summed E-state index contributed by atoms with van der Waals surface area (Å²) < 4.78 is 6.94. The number of rotatable bonds is 6. The first-order valence-electron chi connectivity index (χ1n) is 5.98. The van der Waals surface area contributed by atoms with Gasteiger partial charge in [-0.2, -0.15) is 0 Å². The fourth-order valence-electron chi connectivity index (χ4n) is 2.02. The second kappa shape index (κ2) is 5.27. The Labute approximate surface area is 99.6 Å². The average Bonchev–Trinajstić information content (AvgIpc) is 2.60. The molecule has 6 heteroatoms. The summed E-state index contributed by atoms with van der Waals surface area (Å²) in [6, 6.07) is 0. The van der Waals surface area contributed by atoms with Crippen molar-refractivity contribution in [2.75, 3.05) is 13.2 Å². The molecule has 17 heavy (non-hydrogen) atoms. The number of carbonyl (C=O) groups is 1. The van der Waals surface area contributed by atoms with Crippen LogP contribution in [0.2, 0.25) is 0 Å². The molecule has 1 aromatic heterocycles. The molecule has 0 spiro atoms. The predicted molar refractivity (Wildman–Crippen MR) is 60.1 cm³/mol. The molecule has 1 aromatic rings. The largest absolute Gasteiger partial charge is 0.476 e.